The summed E-state index contributed by atoms with van der Waals surface area (Å²) < 4.78 is 16.3. The second-order valence-corrected chi connectivity index (χ2v) is 6.31. The zero-order valence-electron chi connectivity index (χ0n) is 15.0. The Morgan fingerprint density at radius 1 is 1.15 bits per heavy atom. The first-order valence-electron chi connectivity index (χ1n) is 8.86. The molecule has 1 fully saturated rings. The van der Waals surface area contributed by atoms with Crippen molar-refractivity contribution >= 4 is 11.8 Å². The molecule has 1 aromatic rings. The van der Waals surface area contributed by atoms with Crippen LogP contribution in [0.25, 0.3) is 0 Å². The smallest absolute Gasteiger partial charge is 0.231 e. The van der Waals surface area contributed by atoms with Crippen LogP contribution in [0.1, 0.15) is 24.9 Å². The monoisotopic (exact) mass is 363 g/mol. The molecule has 2 aliphatic heterocycles. The molecule has 1 atom stereocenters. The predicted molar refractivity (Wildman–Crippen MR) is 94.0 cm³/mol. The number of morpholine rings is 1. The third-order valence-electron chi connectivity index (χ3n) is 4.49. The molecule has 8 nitrogen and oxygen atoms in total. The van der Waals surface area contributed by atoms with Gasteiger partial charge in [-0.15, -0.1) is 0 Å². The number of carbonyl (C=O) groups excluding carboxylic acids is 2. The highest BCUT2D eigenvalue weighted by molar-refractivity contribution is 5.77. The molecule has 0 bridgehead atoms. The van der Waals surface area contributed by atoms with Crippen molar-refractivity contribution in [2.24, 2.45) is 0 Å². The zero-order chi connectivity index (χ0) is 18.4. The Morgan fingerprint density at radius 2 is 1.92 bits per heavy atom. The van der Waals surface area contributed by atoms with E-state index in [0.717, 1.165) is 30.2 Å². The topological polar surface area (TPSA) is 89.1 Å². The molecule has 8 heteroatoms. The Kier molecular flexibility index (Phi) is 6.30. The van der Waals surface area contributed by atoms with E-state index in [1.54, 1.807) is 0 Å². The summed E-state index contributed by atoms with van der Waals surface area (Å²) in [7, 11) is 0. The first kappa shape index (κ1) is 18.5. The maximum atomic E-state index is 12.1. The number of nitrogens with one attached hydrogen (secondary N) is 2. The average Bonchev–Trinajstić information content (AvgIpc) is 3.10. The number of rotatable bonds is 7. The molecule has 0 spiro atoms. The second-order valence-electron chi connectivity index (χ2n) is 6.31. The summed E-state index contributed by atoms with van der Waals surface area (Å²) in [6.45, 7) is 5.47. The van der Waals surface area contributed by atoms with Crippen LogP contribution < -0.4 is 20.1 Å². The third kappa shape index (κ3) is 4.86. The molecule has 1 saturated heterocycles. The maximum Gasteiger partial charge on any atom is 0.231 e. The summed E-state index contributed by atoms with van der Waals surface area (Å²) in [4.78, 5) is 25.3. The first-order chi connectivity index (χ1) is 12.6. The van der Waals surface area contributed by atoms with E-state index < -0.39 is 0 Å². The molecule has 3 rings (SSSR count). The lowest BCUT2D eigenvalue weighted by molar-refractivity contribution is -0.121. The van der Waals surface area contributed by atoms with E-state index in [2.05, 4.69) is 15.5 Å². The Morgan fingerprint density at radius 3 is 2.69 bits per heavy atom. The fourth-order valence-corrected chi connectivity index (χ4v) is 3.12. The Bertz CT molecular complexity index is 646. The molecule has 2 heterocycles. The fraction of sp³-hybridized carbons (Fsp3) is 0.556. The molecule has 2 N–H and O–H groups in total. The van der Waals surface area contributed by atoms with Crippen molar-refractivity contribution in [2.75, 3.05) is 46.2 Å². The molecule has 26 heavy (non-hydrogen) atoms. The lowest BCUT2D eigenvalue weighted by Crippen LogP contribution is -2.44. The summed E-state index contributed by atoms with van der Waals surface area (Å²) in [5.74, 6) is 1.26. The van der Waals surface area contributed by atoms with Crippen molar-refractivity contribution in [3.8, 4) is 11.5 Å². The van der Waals surface area contributed by atoms with Gasteiger partial charge in [0.15, 0.2) is 11.5 Å². The van der Waals surface area contributed by atoms with Gasteiger partial charge in [-0.2, -0.15) is 0 Å². The van der Waals surface area contributed by atoms with Gasteiger partial charge in [0.1, 0.15) is 0 Å². The normalized spacial score (nSPS) is 17.6. The van der Waals surface area contributed by atoms with Crippen LogP contribution in [0.3, 0.4) is 0 Å². The van der Waals surface area contributed by atoms with Crippen LogP contribution in [-0.4, -0.2) is 62.9 Å². The van der Waals surface area contributed by atoms with Crippen LogP contribution in [0.15, 0.2) is 18.2 Å². The lowest BCUT2D eigenvalue weighted by atomic mass is 10.0. The van der Waals surface area contributed by atoms with E-state index in [0.29, 0.717) is 26.3 Å². The van der Waals surface area contributed by atoms with Crippen molar-refractivity contribution in [1.82, 2.24) is 15.5 Å². The van der Waals surface area contributed by atoms with Gasteiger partial charge in [-0.3, -0.25) is 14.5 Å². The number of amides is 2. The summed E-state index contributed by atoms with van der Waals surface area (Å²) in [5, 5.41) is 5.61. The first-order valence-corrected chi connectivity index (χ1v) is 8.86. The van der Waals surface area contributed by atoms with Gasteiger partial charge in [0.25, 0.3) is 0 Å². The number of ether oxygens (including phenoxy) is 3. The molecular weight excluding hydrogens is 338 g/mol. The van der Waals surface area contributed by atoms with Gasteiger partial charge in [0.05, 0.1) is 19.3 Å². The molecule has 0 saturated carbocycles. The van der Waals surface area contributed by atoms with Crippen LogP contribution in [0, 0.1) is 0 Å². The maximum absolute atomic E-state index is 12.1. The van der Waals surface area contributed by atoms with Crippen molar-refractivity contribution < 1.29 is 23.8 Å². The number of fused-ring (bicyclic) bond motifs is 1. The van der Waals surface area contributed by atoms with E-state index in [-0.39, 0.29) is 31.1 Å². The summed E-state index contributed by atoms with van der Waals surface area (Å²) in [6, 6.07) is 5.92. The largest absolute Gasteiger partial charge is 0.454 e. The predicted octanol–water partition coefficient (Wildman–Crippen LogP) is 0.431. The van der Waals surface area contributed by atoms with Gasteiger partial charge in [-0.1, -0.05) is 6.07 Å². The average molecular weight is 363 g/mol. The number of nitrogens with zero attached hydrogens (tertiary/aromatic N) is 1. The van der Waals surface area contributed by atoms with Crippen molar-refractivity contribution in [2.45, 2.75) is 19.4 Å². The van der Waals surface area contributed by atoms with Crippen molar-refractivity contribution in [3.63, 3.8) is 0 Å². The van der Waals surface area contributed by atoms with E-state index in [9.17, 15) is 9.59 Å². The van der Waals surface area contributed by atoms with Gasteiger partial charge in [0.2, 0.25) is 18.6 Å². The highest BCUT2D eigenvalue weighted by Crippen LogP contribution is 2.35. The van der Waals surface area contributed by atoms with Gasteiger partial charge in [-0.05, 0) is 17.7 Å². The standard InChI is InChI=1S/C18H25N3O5/c1-13(22)19-5-4-18(23)20-11-15(21-6-8-24-9-7-21)14-2-3-16-17(10-14)26-12-25-16/h2-3,10,15H,4-9,11-12H2,1H3,(H,19,22)(H,20,23). The SMILES string of the molecule is CC(=O)NCCC(=O)NCC(c1ccc2c(c1)OCO2)N1CCOCC1. The Hall–Kier alpha value is -2.32. The zero-order valence-corrected chi connectivity index (χ0v) is 15.0. The molecular formula is C18H25N3O5. The van der Waals surface area contributed by atoms with E-state index >= 15 is 0 Å². The quantitative estimate of drug-likeness (QED) is 0.730. The van der Waals surface area contributed by atoms with Crippen LogP contribution in [-0.2, 0) is 14.3 Å². The molecule has 0 radical (unpaired) electrons. The summed E-state index contributed by atoms with van der Waals surface area (Å²) in [6.07, 6.45) is 0.260. The van der Waals surface area contributed by atoms with Crippen molar-refractivity contribution in [1.29, 1.82) is 0 Å². The number of hydrogen-bond acceptors (Lipinski definition) is 6. The molecule has 1 aromatic carbocycles. The fourth-order valence-electron chi connectivity index (χ4n) is 3.12. The number of hydrogen-bond donors (Lipinski definition) is 2. The van der Waals surface area contributed by atoms with Gasteiger partial charge in [-0.25, -0.2) is 0 Å². The molecule has 0 aliphatic carbocycles. The van der Waals surface area contributed by atoms with Crippen LogP contribution in [0.5, 0.6) is 11.5 Å². The minimum absolute atomic E-state index is 0.0260. The summed E-state index contributed by atoms with van der Waals surface area (Å²) >= 11 is 0. The minimum Gasteiger partial charge on any atom is -0.454 e. The number of benzene rings is 1. The Labute approximate surface area is 152 Å². The molecule has 0 aromatic heterocycles. The third-order valence-corrected chi connectivity index (χ3v) is 4.49. The number of carbonyl (C=O) groups is 2. The Balaban J connectivity index is 1.64. The molecule has 142 valence electrons. The van der Waals surface area contributed by atoms with E-state index in [1.807, 2.05) is 18.2 Å². The second kappa shape index (κ2) is 8.86. The van der Waals surface area contributed by atoms with E-state index in [1.165, 1.54) is 6.92 Å². The minimum atomic E-state index is -0.135. The van der Waals surface area contributed by atoms with Crippen LogP contribution >= 0.6 is 0 Å². The highest BCUT2D eigenvalue weighted by Gasteiger charge is 2.25. The molecule has 2 aliphatic rings. The lowest BCUT2D eigenvalue weighted by Gasteiger charge is -2.35. The van der Waals surface area contributed by atoms with E-state index in [4.69, 9.17) is 14.2 Å². The highest BCUT2D eigenvalue weighted by atomic mass is 16.7. The van der Waals surface area contributed by atoms with Crippen LogP contribution in [0.4, 0.5) is 0 Å². The van der Waals surface area contributed by atoms with Gasteiger partial charge >= 0.3 is 0 Å². The molecule has 1 unspecified atom stereocenters. The molecule has 2 amide bonds. The van der Waals surface area contributed by atoms with Gasteiger partial charge < -0.3 is 24.8 Å². The van der Waals surface area contributed by atoms with Crippen molar-refractivity contribution in [3.05, 3.63) is 23.8 Å². The van der Waals surface area contributed by atoms with Gasteiger partial charge in [0, 0.05) is 39.5 Å². The summed E-state index contributed by atoms with van der Waals surface area (Å²) in [5.41, 5.74) is 1.07. The van der Waals surface area contributed by atoms with Crippen LogP contribution in [0.2, 0.25) is 0 Å².